The van der Waals surface area contributed by atoms with Crippen LogP contribution in [0.2, 0.25) is 0 Å². The maximum atomic E-state index is 12.3. The van der Waals surface area contributed by atoms with Gasteiger partial charge in [0.2, 0.25) is 0 Å². The van der Waals surface area contributed by atoms with E-state index in [1.807, 2.05) is 54.6 Å². The highest BCUT2D eigenvalue weighted by atomic mass is 32.2. The molecule has 1 aliphatic rings. The van der Waals surface area contributed by atoms with Crippen molar-refractivity contribution in [2.75, 3.05) is 45.6 Å². The minimum absolute atomic E-state index is 0.139. The Morgan fingerprint density at radius 3 is 2.14 bits per heavy atom. The first kappa shape index (κ1) is 20.5. The average molecular weight is 403 g/mol. The van der Waals surface area contributed by atoms with Gasteiger partial charge >= 0.3 is 0 Å². The largest absolute Gasteiger partial charge is 0.322 e. The minimum Gasteiger partial charge on any atom is -0.322 e. The first-order valence-corrected chi connectivity index (χ1v) is 10.6. The monoisotopic (exact) mass is 402 g/mol. The molecule has 0 atom stereocenters. The van der Waals surface area contributed by atoms with Gasteiger partial charge in [0.05, 0.1) is 0 Å². The van der Waals surface area contributed by atoms with Crippen molar-refractivity contribution in [1.29, 1.82) is 0 Å². The van der Waals surface area contributed by atoms with Crippen LogP contribution in [0, 0.1) is 0 Å². The van der Waals surface area contributed by atoms with Crippen LogP contribution in [0.3, 0.4) is 0 Å². The van der Waals surface area contributed by atoms with Crippen LogP contribution in [-0.4, -0.2) is 68.1 Å². The Morgan fingerprint density at radius 1 is 0.964 bits per heavy atom. The van der Waals surface area contributed by atoms with Crippen molar-refractivity contribution in [3.8, 4) is 0 Å². The summed E-state index contributed by atoms with van der Waals surface area (Å²) in [4.78, 5) is 14.5. The van der Waals surface area contributed by atoms with Gasteiger partial charge in [-0.15, -0.1) is 0 Å². The summed E-state index contributed by atoms with van der Waals surface area (Å²) in [6.07, 6.45) is 0. The van der Waals surface area contributed by atoms with Crippen LogP contribution >= 0.6 is 0 Å². The zero-order valence-corrected chi connectivity index (χ0v) is 17.0. The Kier molecular flexibility index (Phi) is 6.46. The van der Waals surface area contributed by atoms with Crippen molar-refractivity contribution in [3.63, 3.8) is 0 Å². The number of piperazine rings is 1. The molecule has 1 fully saturated rings. The Morgan fingerprint density at radius 2 is 1.57 bits per heavy atom. The van der Waals surface area contributed by atoms with Gasteiger partial charge in [0.1, 0.15) is 0 Å². The van der Waals surface area contributed by atoms with Gasteiger partial charge < -0.3 is 5.32 Å². The third kappa shape index (κ3) is 4.96. The van der Waals surface area contributed by atoms with Crippen LogP contribution in [0.4, 0.5) is 5.69 Å². The Hall–Kier alpha value is -2.26. The number of benzene rings is 2. The average Bonchev–Trinajstić information content (AvgIpc) is 2.69. The molecule has 2 aromatic carbocycles. The summed E-state index contributed by atoms with van der Waals surface area (Å²) in [5, 5.41) is 2.87. The topological polar surface area (TPSA) is 73.0 Å². The number of nitrogens with zero attached hydrogens (tertiary/aromatic N) is 3. The molecule has 150 valence electrons. The van der Waals surface area contributed by atoms with Crippen molar-refractivity contribution >= 4 is 21.8 Å². The lowest BCUT2D eigenvalue weighted by Gasteiger charge is -2.35. The van der Waals surface area contributed by atoms with Crippen molar-refractivity contribution in [2.24, 2.45) is 0 Å². The molecular formula is C20H26N4O3S. The number of hydrogen-bond donors (Lipinski definition) is 1. The number of carbonyl (C=O) groups excluding carboxylic acids is 1. The van der Waals surface area contributed by atoms with Crippen molar-refractivity contribution < 1.29 is 13.2 Å². The fraction of sp³-hybridized carbons (Fsp3) is 0.350. The van der Waals surface area contributed by atoms with E-state index in [0.29, 0.717) is 31.7 Å². The molecule has 28 heavy (non-hydrogen) atoms. The second kappa shape index (κ2) is 8.83. The molecule has 0 unspecified atom stereocenters. The number of amides is 1. The van der Waals surface area contributed by atoms with E-state index in [1.165, 1.54) is 8.61 Å². The third-order valence-corrected chi connectivity index (χ3v) is 6.71. The normalized spacial score (nSPS) is 16.2. The zero-order valence-electron chi connectivity index (χ0n) is 16.2. The molecule has 1 N–H and O–H groups in total. The molecule has 0 saturated carbocycles. The number of anilines is 1. The molecule has 0 radical (unpaired) electrons. The number of para-hydroxylation sites is 1. The SMILES string of the molecule is CN(C)S(=O)(=O)N1CCN(Cc2ccc(C(=O)Nc3ccccc3)cc2)CC1. The van der Waals surface area contributed by atoms with Gasteiger partial charge in [0.25, 0.3) is 16.1 Å². The van der Waals surface area contributed by atoms with Crippen molar-refractivity contribution in [3.05, 3.63) is 65.7 Å². The highest BCUT2D eigenvalue weighted by molar-refractivity contribution is 7.86. The van der Waals surface area contributed by atoms with Gasteiger partial charge in [-0.1, -0.05) is 30.3 Å². The molecule has 0 aromatic heterocycles. The predicted molar refractivity (Wildman–Crippen MR) is 110 cm³/mol. The maximum Gasteiger partial charge on any atom is 0.281 e. The van der Waals surface area contributed by atoms with Crippen molar-refractivity contribution in [2.45, 2.75) is 6.54 Å². The Balaban J connectivity index is 1.53. The summed E-state index contributed by atoms with van der Waals surface area (Å²) in [6, 6.07) is 16.9. The lowest BCUT2D eigenvalue weighted by Crippen LogP contribution is -2.51. The third-order valence-electron chi connectivity index (χ3n) is 4.77. The molecule has 8 heteroatoms. The highest BCUT2D eigenvalue weighted by Gasteiger charge is 2.28. The number of rotatable bonds is 6. The lowest BCUT2D eigenvalue weighted by atomic mass is 10.1. The van der Waals surface area contributed by atoms with Gasteiger partial charge in [0.15, 0.2) is 0 Å². The van der Waals surface area contributed by atoms with E-state index in [0.717, 1.165) is 17.8 Å². The molecule has 0 bridgehead atoms. The van der Waals surface area contributed by atoms with Crippen LogP contribution in [0.1, 0.15) is 15.9 Å². The Labute approximate surface area is 166 Å². The smallest absolute Gasteiger partial charge is 0.281 e. The summed E-state index contributed by atoms with van der Waals surface area (Å²) in [5.41, 5.74) is 2.47. The quantitative estimate of drug-likeness (QED) is 0.801. The van der Waals surface area contributed by atoms with E-state index in [4.69, 9.17) is 0 Å². The molecule has 7 nitrogen and oxygen atoms in total. The first-order valence-electron chi connectivity index (χ1n) is 9.21. The van der Waals surface area contributed by atoms with Gasteiger partial charge in [0, 0.05) is 58.1 Å². The van der Waals surface area contributed by atoms with E-state index >= 15 is 0 Å². The van der Waals surface area contributed by atoms with Gasteiger partial charge in [-0.3, -0.25) is 9.69 Å². The number of nitrogens with one attached hydrogen (secondary N) is 1. The molecule has 1 amide bonds. The molecule has 3 rings (SSSR count). The van der Waals surface area contributed by atoms with Crippen LogP contribution < -0.4 is 5.32 Å². The molecule has 1 saturated heterocycles. The van der Waals surface area contributed by atoms with Crippen LogP contribution in [-0.2, 0) is 16.8 Å². The molecular weight excluding hydrogens is 376 g/mol. The first-order chi connectivity index (χ1) is 13.4. The molecule has 0 spiro atoms. The van der Waals surface area contributed by atoms with E-state index in [2.05, 4.69) is 10.2 Å². The summed E-state index contributed by atoms with van der Waals surface area (Å²) in [6.45, 7) is 3.07. The number of carbonyl (C=O) groups is 1. The van der Waals surface area contributed by atoms with Crippen LogP contribution in [0.25, 0.3) is 0 Å². The fourth-order valence-corrected chi connectivity index (χ4v) is 4.18. The predicted octanol–water partition coefficient (Wildman–Crippen LogP) is 1.86. The van der Waals surface area contributed by atoms with Crippen LogP contribution in [0.15, 0.2) is 54.6 Å². The standard InChI is InChI=1S/C20H26N4O3S/c1-22(2)28(26,27)24-14-12-23(13-15-24)16-17-8-10-18(11-9-17)20(25)21-19-6-4-3-5-7-19/h3-11H,12-16H2,1-2H3,(H,21,25). The summed E-state index contributed by atoms with van der Waals surface area (Å²) in [7, 11) is -0.236. The maximum absolute atomic E-state index is 12.3. The molecule has 0 aliphatic carbocycles. The summed E-state index contributed by atoms with van der Waals surface area (Å²) >= 11 is 0. The van der Waals surface area contributed by atoms with Gasteiger partial charge in [-0.25, -0.2) is 0 Å². The van der Waals surface area contributed by atoms with Crippen molar-refractivity contribution in [1.82, 2.24) is 13.5 Å². The number of hydrogen-bond acceptors (Lipinski definition) is 4. The second-order valence-electron chi connectivity index (χ2n) is 6.98. The van der Waals surface area contributed by atoms with Crippen LogP contribution in [0.5, 0.6) is 0 Å². The zero-order chi connectivity index (χ0) is 20.1. The highest BCUT2D eigenvalue weighted by Crippen LogP contribution is 2.14. The van der Waals surface area contributed by atoms with Gasteiger partial charge in [-0.05, 0) is 29.8 Å². The van der Waals surface area contributed by atoms with E-state index < -0.39 is 10.2 Å². The summed E-state index contributed by atoms with van der Waals surface area (Å²) < 4.78 is 27.1. The van der Waals surface area contributed by atoms with Gasteiger partial charge in [-0.2, -0.15) is 17.0 Å². The lowest BCUT2D eigenvalue weighted by molar-refractivity contribution is 0.102. The molecule has 1 heterocycles. The van der Waals surface area contributed by atoms with E-state index in [9.17, 15) is 13.2 Å². The van der Waals surface area contributed by atoms with E-state index in [-0.39, 0.29) is 5.91 Å². The second-order valence-corrected chi connectivity index (χ2v) is 9.12. The minimum atomic E-state index is -3.34. The van der Waals surface area contributed by atoms with E-state index in [1.54, 1.807) is 14.1 Å². The molecule has 1 aliphatic heterocycles. The summed E-state index contributed by atoms with van der Waals surface area (Å²) in [5.74, 6) is -0.139. The molecule has 2 aromatic rings. The Bertz CT molecular complexity index is 891. The fourth-order valence-electron chi connectivity index (χ4n) is 3.09.